The van der Waals surface area contributed by atoms with Crippen molar-refractivity contribution in [2.75, 3.05) is 7.05 Å². The van der Waals surface area contributed by atoms with Crippen LogP contribution in [0, 0.1) is 12.3 Å². The van der Waals surface area contributed by atoms with Gasteiger partial charge in [0.15, 0.2) is 0 Å². The van der Waals surface area contributed by atoms with Crippen molar-refractivity contribution in [3.63, 3.8) is 0 Å². The van der Waals surface area contributed by atoms with Gasteiger partial charge in [0.1, 0.15) is 0 Å². The summed E-state index contributed by atoms with van der Waals surface area (Å²) in [7, 11) is 2.26. The van der Waals surface area contributed by atoms with Crippen molar-refractivity contribution in [3.05, 3.63) is 29.6 Å². The zero-order valence-electron chi connectivity index (χ0n) is 11.5. The molecule has 0 radical (unpaired) electrons. The van der Waals surface area contributed by atoms with Crippen molar-refractivity contribution in [1.29, 1.82) is 0 Å². The lowest BCUT2D eigenvalue weighted by Gasteiger charge is -2.26. The lowest BCUT2D eigenvalue weighted by atomic mass is 9.91. The fourth-order valence-electron chi connectivity index (χ4n) is 2.85. The first kappa shape index (κ1) is 12.6. The van der Waals surface area contributed by atoms with E-state index in [2.05, 4.69) is 43.8 Å². The summed E-state index contributed by atoms with van der Waals surface area (Å²) >= 11 is 0. The molecule has 1 unspecified atom stereocenters. The standard InChI is InChI=1S/C15H24N2/c1-12-10-16-8-6-13(12)11-17(4)14-5-7-15(2,3)9-14/h6,8,10,14H,5,7,9,11H2,1-4H3. The predicted octanol–water partition coefficient (Wildman–Crippen LogP) is 3.40. The topological polar surface area (TPSA) is 16.1 Å². The van der Waals surface area contributed by atoms with Crippen LogP contribution in [0.5, 0.6) is 0 Å². The highest BCUT2D eigenvalue weighted by Gasteiger charge is 2.32. The van der Waals surface area contributed by atoms with Crippen molar-refractivity contribution < 1.29 is 0 Å². The Morgan fingerprint density at radius 1 is 1.47 bits per heavy atom. The van der Waals surface area contributed by atoms with Gasteiger partial charge in [-0.15, -0.1) is 0 Å². The van der Waals surface area contributed by atoms with Crippen LogP contribution in [-0.2, 0) is 6.54 Å². The monoisotopic (exact) mass is 232 g/mol. The van der Waals surface area contributed by atoms with Crippen LogP contribution in [0.25, 0.3) is 0 Å². The molecule has 2 nitrogen and oxygen atoms in total. The summed E-state index contributed by atoms with van der Waals surface area (Å²) in [6, 6.07) is 2.89. The molecule has 0 bridgehead atoms. The Labute approximate surface area is 105 Å². The molecule has 0 spiro atoms. The molecule has 1 aromatic heterocycles. The second-order valence-electron chi connectivity index (χ2n) is 6.28. The maximum Gasteiger partial charge on any atom is 0.0300 e. The van der Waals surface area contributed by atoms with Crippen molar-refractivity contribution in [3.8, 4) is 0 Å². The molecule has 2 rings (SSSR count). The first-order chi connectivity index (χ1) is 7.98. The molecule has 0 saturated heterocycles. The van der Waals surface area contributed by atoms with Gasteiger partial charge in [0.2, 0.25) is 0 Å². The fraction of sp³-hybridized carbons (Fsp3) is 0.667. The average Bonchev–Trinajstić information content (AvgIpc) is 2.62. The third kappa shape index (κ3) is 3.06. The molecule has 1 aliphatic carbocycles. The number of hydrogen-bond acceptors (Lipinski definition) is 2. The molecule has 0 aromatic carbocycles. The zero-order valence-corrected chi connectivity index (χ0v) is 11.5. The maximum atomic E-state index is 4.15. The molecule has 17 heavy (non-hydrogen) atoms. The Balaban J connectivity index is 1.98. The molecule has 0 amide bonds. The Morgan fingerprint density at radius 3 is 2.82 bits per heavy atom. The minimum absolute atomic E-state index is 0.534. The van der Waals surface area contributed by atoms with E-state index in [1.54, 1.807) is 0 Å². The number of aryl methyl sites for hydroxylation is 1. The van der Waals surface area contributed by atoms with E-state index >= 15 is 0 Å². The fourth-order valence-corrected chi connectivity index (χ4v) is 2.85. The maximum absolute atomic E-state index is 4.15. The largest absolute Gasteiger partial charge is 0.299 e. The molecule has 1 fully saturated rings. The van der Waals surface area contributed by atoms with E-state index in [0.29, 0.717) is 5.41 Å². The van der Waals surface area contributed by atoms with Gasteiger partial charge in [0.05, 0.1) is 0 Å². The summed E-state index contributed by atoms with van der Waals surface area (Å²) in [4.78, 5) is 6.67. The average molecular weight is 232 g/mol. The highest BCUT2D eigenvalue weighted by Crippen LogP contribution is 2.39. The van der Waals surface area contributed by atoms with Gasteiger partial charge in [-0.3, -0.25) is 9.88 Å². The van der Waals surface area contributed by atoms with Crippen LogP contribution >= 0.6 is 0 Å². The van der Waals surface area contributed by atoms with Crippen molar-refractivity contribution in [2.45, 2.75) is 52.6 Å². The van der Waals surface area contributed by atoms with Crippen LogP contribution in [-0.4, -0.2) is 23.0 Å². The highest BCUT2D eigenvalue weighted by molar-refractivity contribution is 5.21. The zero-order chi connectivity index (χ0) is 12.5. The SMILES string of the molecule is Cc1cnccc1CN(C)C1CCC(C)(C)C1. The molecule has 1 aromatic rings. The molecule has 1 saturated carbocycles. The van der Waals surface area contributed by atoms with Gasteiger partial charge in [-0.25, -0.2) is 0 Å². The van der Waals surface area contributed by atoms with Crippen LogP contribution in [0.15, 0.2) is 18.5 Å². The molecule has 0 aliphatic heterocycles. The van der Waals surface area contributed by atoms with E-state index in [0.717, 1.165) is 12.6 Å². The third-order valence-electron chi connectivity index (χ3n) is 4.12. The van der Waals surface area contributed by atoms with E-state index in [9.17, 15) is 0 Å². The van der Waals surface area contributed by atoms with Gasteiger partial charge in [-0.05, 0) is 55.8 Å². The Hall–Kier alpha value is -0.890. The molecular weight excluding hydrogens is 208 g/mol. The third-order valence-corrected chi connectivity index (χ3v) is 4.12. The molecule has 1 aliphatic rings. The first-order valence-corrected chi connectivity index (χ1v) is 6.58. The minimum atomic E-state index is 0.534. The van der Waals surface area contributed by atoms with Crippen LogP contribution in [0.3, 0.4) is 0 Å². The minimum Gasteiger partial charge on any atom is -0.299 e. The second kappa shape index (κ2) is 4.77. The number of aromatic nitrogens is 1. The van der Waals surface area contributed by atoms with Crippen molar-refractivity contribution in [1.82, 2.24) is 9.88 Å². The smallest absolute Gasteiger partial charge is 0.0300 e. The number of pyridine rings is 1. The highest BCUT2D eigenvalue weighted by atomic mass is 15.1. The second-order valence-corrected chi connectivity index (χ2v) is 6.28. The van der Waals surface area contributed by atoms with Crippen LogP contribution in [0.4, 0.5) is 0 Å². The summed E-state index contributed by atoms with van der Waals surface area (Å²) in [5.74, 6) is 0. The van der Waals surface area contributed by atoms with Gasteiger partial charge in [0.25, 0.3) is 0 Å². The van der Waals surface area contributed by atoms with Crippen molar-refractivity contribution in [2.24, 2.45) is 5.41 Å². The molecule has 1 heterocycles. The summed E-state index contributed by atoms with van der Waals surface area (Å²) in [6.07, 6.45) is 7.88. The molecular formula is C15H24N2. The lowest BCUT2D eigenvalue weighted by Crippen LogP contribution is -2.30. The molecule has 94 valence electrons. The normalized spacial score (nSPS) is 23.2. The predicted molar refractivity (Wildman–Crippen MR) is 71.9 cm³/mol. The van der Waals surface area contributed by atoms with Gasteiger partial charge in [-0.2, -0.15) is 0 Å². The van der Waals surface area contributed by atoms with E-state index in [1.165, 1.54) is 30.4 Å². The Kier molecular flexibility index (Phi) is 3.53. The Bertz CT molecular complexity index is 384. The quantitative estimate of drug-likeness (QED) is 0.794. The van der Waals surface area contributed by atoms with E-state index in [4.69, 9.17) is 0 Å². The Morgan fingerprint density at radius 2 is 2.24 bits per heavy atom. The number of hydrogen-bond donors (Lipinski definition) is 0. The first-order valence-electron chi connectivity index (χ1n) is 6.58. The van der Waals surface area contributed by atoms with E-state index in [1.807, 2.05) is 12.4 Å². The summed E-state index contributed by atoms with van der Waals surface area (Å²) in [5, 5.41) is 0. The molecule has 0 N–H and O–H groups in total. The van der Waals surface area contributed by atoms with Gasteiger partial charge in [0, 0.05) is 25.0 Å². The lowest BCUT2D eigenvalue weighted by molar-refractivity contribution is 0.219. The number of nitrogens with zero attached hydrogens (tertiary/aromatic N) is 2. The number of rotatable bonds is 3. The summed E-state index contributed by atoms with van der Waals surface area (Å²) in [6.45, 7) is 7.97. The van der Waals surface area contributed by atoms with Crippen LogP contribution < -0.4 is 0 Å². The molecule has 2 heteroatoms. The van der Waals surface area contributed by atoms with Gasteiger partial charge >= 0.3 is 0 Å². The van der Waals surface area contributed by atoms with Crippen LogP contribution in [0.2, 0.25) is 0 Å². The van der Waals surface area contributed by atoms with Crippen LogP contribution in [0.1, 0.15) is 44.2 Å². The van der Waals surface area contributed by atoms with E-state index < -0.39 is 0 Å². The summed E-state index contributed by atoms with van der Waals surface area (Å²) < 4.78 is 0. The van der Waals surface area contributed by atoms with Gasteiger partial charge < -0.3 is 0 Å². The summed E-state index contributed by atoms with van der Waals surface area (Å²) in [5.41, 5.74) is 3.25. The van der Waals surface area contributed by atoms with E-state index in [-0.39, 0.29) is 0 Å². The van der Waals surface area contributed by atoms with Gasteiger partial charge in [-0.1, -0.05) is 13.8 Å². The van der Waals surface area contributed by atoms with Crippen molar-refractivity contribution >= 4 is 0 Å². The molecule has 1 atom stereocenters.